The van der Waals surface area contributed by atoms with Crippen molar-refractivity contribution in [3.8, 4) is 18.6 Å². The van der Waals surface area contributed by atoms with Gasteiger partial charge in [-0.1, -0.05) is 32.1 Å². The van der Waals surface area contributed by atoms with E-state index in [1.165, 1.54) is 7.11 Å². The molecule has 2 aromatic rings. The largest absolute Gasteiger partial charge is 0.494 e. The number of ether oxygens (including phenoxy) is 1. The summed E-state index contributed by atoms with van der Waals surface area (Å²) in [6, 6.07) is 8.83. The molecule has 0 spiro atoms. The Morgan fingerprint density at radius 3 is 2.16 bits per heavy atom. The summed E-state index contributed by atoms with van der Waals surface area (Å²) < 4.78 is 5.42. The number of terminal acetylenes is 1. The molecule has 0 heterocycles. The molecule has 0 saturated heterocycles. The van der Waals surface area contributed by atoms with E-state index in [0.29, 0.717) is 17.8 Å². The van der Waals surface area contributed by atoms with Crippen LogP contribution in [0, 0.1) is 19.8 Å². The van der Waals surface area contributed by atoms with Gasteiger partial charge in [-0.25, -0.2) is 0 Å². The van der Waals surface area contributed by atoms with Gasteiger partial charge in [0.25, 0.3) is 11.8 Å². The normalized spacial score (nSPS) is 9.97. The molecule has 0 aliphatic heterocycles. The van der Waals surface area contributed by atoms with Crippen molar-refractivity contribution in [3.63, 3.8) is 0 Å². The third-order valence-corrected chi connectivity index (χ3v) is 4.83. The molecule has 2 rings (SSSR count). The maximum Gasteiger partial charge on any atom is 0.255 e. The molecule has 38 heavy (non-hydrogen) atoms. The van der Waals surface area contributed by atoms with Crippen molar-refractivity contribution < 1.29 is 24.2 Å². The van der Waals surface area contributed by atoms with Gasteiger partial charge in [-0.05, 0) is 61.6 Å². The molecule has 10 heteroatoms. The zero-order valence-corrected chi connectivity index (χ0v) is 23.7. The smallest absolute Gasteiger partial charge is 0.255 e. The molecule has 0 radical (unpaired) electrons. The number of benzene rings is 2. The van der Waals surface area contributed by atoms with E-state index >= 15 is 0 Å². The summed E-state index contributed by atoms with van der Waals surface area (Å²) in [7, 11) is 3.21. The Kier molecular flexibility index (Phi) is 17.1. The molecule has 0 aliphatic rings. The number of methoxy groups -OCH3 is 1. The summed E-state index contributed by atoms with van der Waals surface area (Å²) in [5.74, 6) is -0.740. The molecule has 10 nitrogen and oxygen atoms in total. The van der Waals surface area contributed by atoms with Gasteiger partial charge in [-0.3, -0.25) is 14.6 Å². The number of nitrogens with two attached hydrogens (primary N) is 1. The summed E-state index contributed by atoms with van der Waals surface area (Å²) >= 11 is 0. The monoisotopic (exact) mass is 527 g/mol. The van der Waals surface area contributed by atoms with Crippen molar-refractivity contribution in [2.75, 3.05) is 37.6 Å². The first-order chi connectivity index (χ1) is 17.9. The number of aryl methyl sites for hydroxylation is 1. The number of hydrogen-bond donors (Lipinski definition) is 3. The maximum absolute atomic E-state index is 13.1. The third kappa shape index (κ3) is 10.8. The lowest BCUT2D eigenvalue weighted by atomic mass is 9.85. The topological polar surface area (TPSA) is 147 Å². The van der Waals surface area contributed by atoms with Gasteiger partial charge in [0, 0.05) is 19.2 Å². The number of carbonyl (C=O) groups is 3. The highest BCUT2D eigenvalue weighted by atomic mass is 16.5. The number of rotatable bonds is 7. The molecule has 0 aromatic heterocycles. The molecule has 0 unspecified atom stereocenters. The second kappa shape index (κ2) is 18.1. The van der Waals surface area contributed by atoms with Gasteiger partial charge < -0.3 is 25.7 Å². The van der Waals surface area contributed by atoms with Crippen LogP contribution in [0.25, 0.3) is 0 Å². The van der Waals surface area contributed by atoms with E-state index in [9.17, 15) is 9.59 Å². The van der Waals surface area contributed by atoms with Crippen molar-refractivity contribution in [3.05, 3.63) is 52.6 Å². The van der Waals surface area contributed by atoms with Crippen LogP contribution in [0.15, 0.2) is 40.7 Å². The van der Waals surface area contributed by atoms with Gasteiger partial charge >= 0.3 is 0 Å². The average Bonchev–Trinajstić information content (AvgIpc) is 2.89. The van der Waals surface area contributed by atoms with E-state index in [0.717, 1.165) is 16.8 Å². The standard InChI is InChI=1S/C23H31N5O3.C2H6O.C2H2.CH2O/c1-8-25-27-28(6)19-11-15(10-9-14(19)2)22(30)26-18-13-16(23(3,4)5)12-17(21(24)29)20(18)31-7;1-2-3;2*1-2/h9-13H,8H2,1-7H3,(H2,24,29)(H,26,30);3H,2H2,1H3;1-2H;1H2. The average molecular weight is 528 g/mol. The van der Waals surface area contributed by atoms with Crippen LogP contribution >= 0.6 is 0 Å². The fraction of sp³-hybridized carbons (Fsp3) is 0.393. The summed E-state index contributed by atoms with van der Waals surface area (Å²) in [6.45, 7) is 14.4. The van der Waals surface area contributed by atoms with Gasteiger partial charge in [0.15, 0.2) is 5.75 Å². The van der Waals surface area contributed by atoms with Crippen LogP contribution in [0.4, 0.5) is 11.4 Å². The minimum atomic E-state index is -0.626. The number of primary amides is 1. The zero-order valence-electron chi connectivity index (χ0n) is 23.7. The summed E-state index contributed by atoms with van der Waals surface area (Å²) in [5.41, 5.74) is 8.90. The number of nitrogens with one attached hydrogen (secondary N) is 1. The van der Waals surface area contributed by atoms with Crippen LogP contribution in [0.5, 0.6) is 5.75 Å². The van der Waals surface area contributed by atoms with Crippen molar-refractivity contribution in [1.82, 2.24) is 0 Å². The number of carbonyl (C=O) groups excluding carboxylic acids is 3. The van der Waals surface area contributed by atoms with Gasteiger partial charge in [-0.15, -0.1) is 12.8 Å². The predicted molar refractivity (Wildman–Crippen MR) is 153 cm³/mol. The van der Waals surface area contributed by atoms with Crippen molar-refractivity contribution in [2.45, 2.75) is 47.0 Å². The highest BCUT2D eigenvalue weighted by Crippen LogP contribution is 2.35. The molecular weight excluding hydrogens is 486 g/mol. The number of nitrogens with zero attached hydrogens (tertiary/aromatic N) is 3. The number of hydrogen-bond acceptors (Lipinski definition) is 7. The van der Waals surface area contributed by atoms with Crippen LogP contribution < -0.4 is 20.8 Å². The highest BCUT2D eigenvalue weighted by molar-refractivity contribution is 6.07. The van der Waals surface area contributed by atoms with Crippen LogP contribution in [0.2, 0.25) is 0 Å². The van der Waals surface area contributed by atoms with Crippen LogP contribution in [0.1, 0.15) is 66.5 Å². The second-order valence-corrected chi connectivity index (χ2v) is 8.56. The molecule has 2 amide bonds. The van der Waals surface area contributed by atoms with E-state index in [1.54, 1.807) is 43.2 Å². The molecule has 2 aromatic carbocycles. The molecule has 0 fully saturated rings. The summed E-state index contributed by atoms with van der Waals surface area (Å²) in [5, 5.41) is 20.2. The fourth-order valence-corrected chi connectivity index (χ4v) is 3.06. The van der Waals surface area contributed by atoms with E-state index in [4.69, 9.17) is 20.4 Å². The lowest BCUT2D eigenvalue weighted by Gasteiger charge is -2.23. The zero-order chi connectivity index (χ0) is 30.1. The van der Waals surface area contributed by atoms with Crippen LogP contribution in [-0.4, -0.2) is 51.0 Å². The third-order valence-electron chi connectivity index (χ3n) is 4.83. The molecule has 0 aliphatic carbocycles. The molecule has 0 saturated carbocycles. The van der Waals surface area contributed by atoms with Crippen LogP contribution in [0.3, 0.4) is 0 Å². The Bertz CT molecular complexity index is 1090. The first-order valence-electron chi connectivity index (χ1n) is 11.7. The lowest BCUT2D eigenvalue weighted by Crippen LogP contribution is -2.20. The number of aliphatic hydroxyl groups is 1. The van der Waals surface area contributed by atoms with Gasteiger partial charge in [0.05, 0.1) is 30.6 Å². The predicted octanol–water partition coefficient (Wildman–Crippen LogP) is 4.54. The molecule has 0 atom stereocenters. The van der Waals surface area contributed by atoms with Gasteiger partial charge in [0.2, 0.25) is 0 Å². The Balaban J connectivity index is 0. The van der Waals surface area contributed by atoms with Crippen molar-refractivity contribution in [1.29, 1.82) is 0 Å². The first-order valence-corrected chi connectivity index (χ1v) is 11.7. The van der Waals surface area contributed by atoms with Gasteiger partial charge in [-0.2, -0.15) is 5.11 Å². The Hall–Kier alpha value is -4.23. The quantitative estimate of drug-likeness (QED) is 0.274. The lowest BCUT2D eigenvalue weighted by molar-refractivity contribution is -0.0980. The highest BCUT2D eigenvalue weighted by Gasteiger charge is 2.23. The summed E-state index contributed by atoms with van der Waals surface area (Å²) in [4.78, 5) is 33.1. The Labute approximate surface area is 226 Å². The van der Waals surface area contributed by atoms with E-state index in [2.05, 4.69) is 28.5 Å². The Morgan fingerprint density at radius 2 is 1.71 bits per heavy atom. The molecular formula is C28H41N5O5. The number of aliphatic hydroxyl groups excluding tert-OH is 1. The van der Waals surface area contributed by atoms with E-state index in [-0.39, 0.29) is 29.2 Å². The van der Waals surface area contributed by atoms with Crippen LogP contribution in [-0.2, 0) is 10.2 Å². The second-order valence-electron chi connectivity index (χ2n) is 8.56. The molecule has 208 valence electrons. The maximum atomic E-state index is 13.1. The fourth-order valence-electron chi connectivity index (χ4n) is 3.06. The molecule has 4 N–H and O–H groups in total. The van der Waals surface area contributed by atoms with E-state index in [1.807, 2.05) is 47.5 Å². The minimum Gasteiger partial charge on any atom is -0.494 e. The number of amides is 2. The molecule has 0 bridgehead atoms. The summed E-state index contributed by atoms with van der Waals surface area (Å²) in [6.07, 6.45) is 8.00. The van der Waals surface area contributed by atoms with Gasteiger partial charge in [0.1, 0.15) is 6.79 Å². The number of anilines is 2. The van der Waals surface area contributed by atoms with E-state index < -0.39 is 5.91 Å². The first kappa shape index (κ1) is 35.9. The SMILES string of the molecule is C#C.C=O.CCN=NN(C)c1cc(C(=O)Nc2cc(C(C)(C)C)cc(C(N)=O)c2OC)ccc1C.CCO. The Morgan fingerprint density at radius 1 is 1.16 bits per heavy atom. The van der Waals surface area contributed by atoms with Crippen molar-refractivity contribution >= 4 is 30.0 Å². The van der Waals surface area contributed by atoms with Crippen molar-refractivity contribution in [2.24, 2.45) is 16.1 Å². The minimum absolute atomic E-state index is 0.217.